The molecular weight excluding hydrogens is 420 g/mol. The summed E-state index contributed by atoms with van der Waals surface area (Å²) >= 11 is 0. The van der Waals surface area contributed by atoms with Crippen LogP contribution in [-0.2, 0) is 0 Å². The number of aromatic nitrogens is 4. The van der Waals surface area contributed by atoms with Crippen molar-refractivity contribution < 1.29 is 13.6 Å². The third-order valence-corrected chi connectivity index (χ3v) is 4.60. The zero-order valence-corrected chi connectivity index (χ0v) is 16.5. The summed E-state index contributed by atoms with van der Waals surface area (Å²) in [5, 5.41) is 31.7. The lowest BCUT2D eigenvalue weighted by atomic mass is 10.0. The molecule has 32 heavy (non-hydrogen) atoms. The van der Waals surface area contributed by atoms with Crippen LogP contribution in [0.3, 0.4) is 0 Å². The molecule has 2 N–H and O–H groups in total. The molecule has 0 fully saturated rings. The number of tetrazole rings is 1. The lowest BCUT2D eigenvalue weighted by Gasteiger charge is -2.24. The van der Waals surface area contributed by atoms with E-state index < -0.39 is 11.6 Å². The van der Waals surface area contributed by atoms with Gasteiger partial charge in [0.05, 0.1) is 11.4 Å². The standard InChI is InChI=1S/C20H15F2N9O/c21-15-8-5-13(10-16(15)22)17-2-1-9-31(28-17)20(32)12-3-6-14(7-4-12)24-25-18(11-23)19-26-29-30-27-19/h3-8,10,24H,1-2,9H2,(H,26,27,29,30)/b25-18-. The van der Waals surface area contributed by atoms with Crippen molar-refractivity contribution in [2.75, 3.05) is 12.0 Å². The predicted octanol–water partition coefficient (Wildman–Crippen LogP) is 2.46. The molecule has 1 amide bonds. The van der Waals surface area contributed by atoms with E-state index in [-0.39, 0.29) is 17.4 Å². The molecule has 2 heterocycles. The van der Waals surface area contributed by atoms with Crippen molar-refractivity contribution in [2.45, 2.75) is 12.8 Å². The molecule has 0 saturated heterocycles. The normalized spacial score (nSPS) is 14.0. The highest BCUT2D eigenvalue weighted by atomic mass is 19.2. The van der Waals surface area contributed by atoms with Crippen molar-refractivity contribution in [1.82, 2.24) is 25.6 Å². The van der Waals surface area contributed by atoms with Gasteiger partial charge in [-0.1, -0.05) is 0 Å². The number of halogens is 2. The van der Waals surface area contributed by atoms with Gasteiger partial charge in [0.2, 0.25) is 11.5 Å². The Balaban J connectivity index is 1.47. The Kier molecular flexibility index (Phi) is 5.89. The first-order valence-corrected chi connectivity index (χ1v) is 9.47. The van der Waals surface area contributed by atoms with Crippen LogP contribution in [0.4, 0.5) is 14.5 Å². The van der Waals surface area contributed by atoms with E-state index in [0.29, 0.717) is 41.9 Å². The van der Waals surface area contributed by atoms with Gasteiger partial charge < -0.3 is 0 Å². The number of amides is 1. The monoisotopic (exact) mass is 435 g/mol. The summed E-state index contributed by atoms with van der Waals surface area (Å²) in [6.07, 6.45) is 1.20. The summed E-state index contributed by atoms with van der Waals surface area (Å²) in [4.78, 5) is 12.8. The third-order valence-electron chi connectivity index (χ3n) is 4.60. The first-order chi connectivity index (χ1) is 15.5. The predicted molar refractivity (Wildman–Crippen MR) is 110 cm³/mol. The van der Waals surface area contributed by atoms with E-state index in [1.165, 1.54) is 11.1 Å². The molecule has 1 aliphatic rings. The molecular formula is C20H15F2N9O. The molecule has 0 atom stereocenters. The Hall–Kier alpha value is -4.53. The van der Waals surface area contributed by atoms with Crippen molar-refractivity contribution in [2.24, 2.45) is 10.2 Å². The summed E-state index contributed by atoms with van der Waals surface area (Å²) < 4.78 is 26.7. The number of benzene rings is 2. The van der Waals surface area contributed by atoms with Gasteiger partial charge in [-0.3, -0.25) is 10.2 Å². The highest BCUT2D eigenvalue weighted by molar-refractivity contribution is 6.09. The molecule has 0 saturated carbocycles. The number of carbonyl (C=O) groups excluding carboxylic acids is 1. The molecule has 0 radical (unpaired) electrons. The van der Waals surface area contributed by atoms with Crippen LogP contribution < -0.4 is 5.43 Å². The first-order valence-electron chi connectivity index (χ1n) is 9.47. The molecule has 10 nitrogen and oxygen atoms in total. The van der Waals surface area contributed by atoms with E-state index in [1.54, 1.807) is 24.3 Å². The minimum absolute atomic E-state index is 0.0478. The average molecular weight is 435 g/mol. The molecule has 0 aliphatic carbocycles. The van der Waals surface area contributed by atoms with Crippen molar-refractivity contribution in [1.29, 1.82) is 5.26 Å². The number of hydrogen-bond acceptors (Lipinski definition) is 8. The number of aromatic amines is 1. The van der Waals surface area contributed by atoms with Gasteiger partial charge in [-0.2, -0.15) is 20.7 Å². The van der Waals surface area contributed by atoms with Gasteiger partial charge in [0.15, 0.2) is 11.6 Å². The molecule has 2 aromatic carbocycles. The molecule has 0 unspecified atom stereocenters. The molecule has 12 heteroatoms. The van der Waals surface area contributed by atoms with E-state index >= 15 is 0 Å². The number of nitrogens with zero attached hydrogens (tertiary/aromatic N) is 7. The Labute approximate surface area is 180 Å². The van der Waals surface area contributed by atoms with Crippen LogP contribution in [0.5, 0.6) is 0 Å². The van der Waals surface area contributed by atoms with Crippen LogP contribution in [0, 0.1) is 23.0 Å². The van der Waals surface area contributed by atoms with Gasteiger partial charge in [0, 0.05) is 17.7 Å². The molecule has 4 rings (SSSR count). The number of nitriles is 1. The number of hydrazone groups is 2. The SMILES string of the molecule is N#C/C(=N/Nc1ccc(C(=O)N2CCCC(c3ccc(F)c(F)c3)=N2)cc1)c1nn[nH]n1. The maximum atomic E-state index is 13.6. The molecule has 160 valence electrons. The zero-order valence-electron chi connectivity index (χ0n) is 16.5. The summed E-state index contributed by atoms with van der Waals surface area (Å²) in [6, 6.07) is 11.8. The van der Waals surface area contributed by atoms with Crippen LogP contribution in [0.15, 0.2) is 52.7 Å². The van der Waals surface area contributed by atoms with Gasteiger partial charge in [0.1, 0.15) is 6.07 Å². The number of H-pyrrole nitrogens is 1. The molecule has 1 aliphatic heterocycles. The summed E-state index contributed by atoms with van der Waals surface area (Å²) in [5.74, 6) is -2.18. The van der Waals surface area contributed by atoms with Crippen LogP contribution in [0.1, 0.15) is 34.6 Å². The maximum Gasteiger partial charge on any atom is 0.273 e. The number of nitrogens with one attached hydrogen (secondary N) is 2. The second-order valence-electron chi connectivity index (χ2n) is 6.70. The summed E-state index contributed by atoms with van der Waals surface area (Å²) in [5.41, 5.74) is 4.50. The molecule has 1 aromatic heterocycles. The Morgan fingerprint density at radius 2 is 2.00 bits per heavy atom. The lowest BCUT2D eigenvalue weighted by molar-refractivity contribution is 0.0751. The Morgan fingerprint density at radius 1 is 1.19 bits per heavy atom. The van der Waals surface area contributed by atoms with Crippen LogP contribution >= 0.6 is 0 Å². The summed E-state index contributed by atoms with van der Waals surface area (Å²) in [6.45, 7) is 0.409. The number of anilines is 1. The molecule has 3 aromatic rings. The van der Waals surface area contributed by atoms with E-state index in [0.717, 1.165) is 12.1 Å². The van der Waals surface area contributed by atoms with Gasteiger partial charge in [-0.05, 0) is 60.5 Å². The average Bonchev–Trinajstić information content (AvgIpc) is 3.36. The van der Waals surface area contributed by atoms with Crippen molar-refractivity contribution in [3.05, 3.63) is 71.1 Å². The minimum atomic E-state index is -0.960. The number of rotatable bonds is 5. The topological polar surface area (TPSA) is 135 Å². The van der Waals surface area contributed by atoms with Crippen molar-refractivity contribution in [3.63, 3.8) is 0 Å². The van der Waals surface area contributed by atoms with E-state index in [9.17, 15) is 13.6 Å². The fourth-order valence-corrected chi connectivity index (χ4v) is 3.01. The fraction of sp³-hybridized carbons (Fsp3) is 0.150. The maximum absolute atomic E-state index is 13.6. The smallest absolute Gasteiger partial charge is 0.273 e. The molecule has 0 spiro atoms. The number of hydrogen-bond donors (Lipinski definition) is 2. The summed E-state index contributed by atoms with van der Waals surface area (Å²) in [7, 11) is 0. The minimum Gasteiger partial charge on any atom is -0.277 e. The zero-order chi connectivity index (χ0) is 22.5. The second-order valence-corrected chi connectivity index (χ2v) is 6.70. The Morgan fingerprint density at radius 3 is 2.69 bits per heavy atom. The van der Waals surface area contributed by atoms with Crippen LogP contribution in [0.25, 0.3) is 0 Å². The van der Waals surface area contributed by atoms with Gasteiger partial charge in [-0.15, -0.1) is 10.2 Å². The van der Waals surface area contributed by atoms with Gasteiger partial charge in [-0.25, -0.2) is 13.8 Å². The van der Waals surface area contributed by atoms with Crippen LogP contribution in [-0.4, -0.2) is 49.5 Å². The lowest BCUT2D eigenvalue weighted by Crippen LogP contribution is -2.32. The second kappa shape index (κ2) is 9.09. The number of carbonyl (C=O) groups is 1. The fourth-order valence-electron chi connectivity index (χ4n) is 3.01. The van der Waals surface area contributed by atoms with Crippen molar-refractivity contribution in [3.8, 4) is 6.07 Å². The van der Waals surface area contributed by atoms with Gasteiger partial charge >= 0.3 is 0 Å². The largest absolute Gasteiger partial charge is 0.277 e. The van der Waals surface area contributed by atoms with Gasteiger partial charge in [0.25, 0.3) is 5.91 Å². The molecule has 0 bridgehead atoms. The van der Waals surface area contributed by atoms with Crippen LogP contribution in [0.2, 0.25) is 0 Å². The quantitative estimate of drug-likeness (QED) is 0.467. The Bertz CT molecular complexity index is 1230. The van der Waals surface area contributed by atoms with E-state index in [4.69, 9.17) is 5.26 Å². The van der Waals surface area contributed by atoms with E-state index in [1.807, 2.05) is 6.07 Å². The highest BCUT2D eigenvalue weighted by Gasteiger charge is 2.21. The van der Waals surface area contributed by atoms with E-state index in [2.05, 4.69) is 36.3 Å². The highest BCUT2D eigenvalue weighted by Crippen LogP contribution is 2.19. The first kappa shape index (κ1) is 20.7. The van der Waals surface area contributed by atoms with Crippen molar-refractivity contribution >= 4 is 23.0 Å². The third kappa shape index (κ3) is 4.46.